The number of nitro benzene ring substituents is 1. The summed E-state index contributed by atoms with van der Waals surface area (Å²) in [5.74, 6) is -0.336. The minimum Gasteiger partial charge on any atom is -0.428 e. The van der Waals surface area contributed by atoms with Crippen LogP contribution >= 0.6 is 0 Å². The number of rotatable bonds is 12. The number of hydrogen-bond acceptors (Lipinski definition) is 7. The third kappa shape index (κ3) is 9.61. The van der Waals surface area contributed by atoms with Gasteiger partial charge in [0.2, 0.25) is 6.79 Å². The summed E-state index contributed by atoms with van der Waals surface area (Å²) in [6.07, 6.45) is 6.92. The number of unbranched alkanes of at least 4 members (excludes halogenated alkanes) is 6. The van der Waals surface area contributed by atoms with Crippen LogP contribution in [0.2, 0.25) is 0 Å². The lowest BCUT2D eigenvalue weighted by Gasteiger charge is -2.07. The Morgan fingerprint density at radius 3 is 2.19 bits per heavy atom. The van der Waals surface area contributed by atoms with Gasteiger partial charge in [-0.2, -0.15) is 0 Å². The van der Waals surface area contributed by atoms with Crippen LogP contribution in [0.1, 0.15) is 58.3 Å². The van der Waals surface area contributed by atoms with Gasteiger partial charge < -0.3 is 14.2 Å². The van der Waals surface area contributed by atoms with Crippen molar-refractivity contribution in [2.45, 2.75) is 58.3 Å². The number of ether oxygens (including phenoxy) is 3. The van der Waals surface area contributed by atoms with Crippen molar-refractivity contribution in [1.29, 1.82) is 0 Å². The molecule has 0 fully saturated rings. The molecule has 0 amide bonds. The molecule has 0 aromatic heterocycles. The van der Waals surface area contributed by atoms with Crippen molar-refractivity contribution in [2.24, 2.45) is 0 Å². The Hall–Kier alpha value is -2.64. The van der Waals surface area contributed by atoms with E-state index in [0.717, 1.165) is 19.3 Å². The predicted molar refractivity (Wildman–Crippen MR) is 93.8 cm³/mol. The second-order valence-corrected chi connectivity index (χ2v) is 5.75. The lowest BCUT2D eigenvalue weighted by atomic mass is 10.1. The molecule has 0 saturated heterocycles. The number of non-ortho nitro benzene ring substituents is 1. The first-order valence-electron chi connectivity index (χ1n) is 8.77. The summed E-state index contributed by atoms with van der Waals surface area (Å²) < 4.78 is 14.2. The highest BCUT2D eigenvalue weighted by atomic mass is 16.8. The Morgan fingerprint density at radius 1 is 0.962 bits per heavy atom. The molecule has 0 radical (unpaired) electrons. The molecule has 0 unspecified atom stereocenters. The van der Waals surface area contributed by atoms with E-state index in [0.29, 0.717) is 0 Å². The molecule has 1 rings (SSSR count). The van der Waals surface area contributed by atoms with Crippen LogP contribution in [-0.4, -0.2) is 23.8 Å². The van der Waals surface area contributed by atoms with E-state index in [1.165, 1.54) is 49.9 Å². The van der Waals surface area contributed by atoms with E-state index in [-0.39, 0.29) is 17.9 Å². The van der Waals surface area contributed by atoms with Crippen molar-refractivity contribution < 1.29 is 28.7 Å². The molecule has 1 aromatic rings. The Kier molecular flexibility index (Phi) is 10.4. The molecule has 8 heteroatoms. The van der Waals surface area contributed by atoms with Crippen LogP contribution in [0.15, 0.2) is 24.3 Å². The molecule has 0 aliphatic rings. The highest BCUT2D eigenvalue weighted by molar-refractivity contribution is 5.69. The first-order valence-corrected chi connectivity index (χ1v) is 8.77. The zero-order valence-electron chi connectivity index (χ0n) is 15.0. The topological polar surface area (TPSA) is 105 Å². The average molecular weight is 367 g/mol. The minimum absolute atomic E-state index is 0.0926. The maximum atomic E-state index is 11.5. The first kappa shape index (κ1) is 21.4. The maximum absolute atomic E-state index is 11.5. The molecule has 1 aromatic carbocycles. The highest BCUT2D eigenvalue weighted by Crippen LogP contribution is 2.17. The summed E-state index contributed by atoms with van der Waals surface area (Å²) in [7, 11) is 0. The molecule has 0 aliphatic heterocycles. The van der Waals surface area contributed by atoms with Gasteiger partial charge in [0, 0.05) is 18.6 Å². The van der Waals surface area contributed by atoms with Crippen molar-refractivity contribution in [3.8, 4) is 5.75 Å². The summed E-state index contributed by atoms with van der Waals surface area (Å²) in [4.78, 5) is 32.9. The second-order valence-electron chi connectivity index (χ2n) is 5.75. The molecule has 144 valence electrons. The molecule has 0 N–H and O–H groups in total. The van der Waals surface area contributed by atoms with Gasteiger partial charge in [-0.05, 0) is 18.6 Å². The third-order valence-corrected chi connectivity index (χ3v) is 3.63. The maximum Gasteiger partial charge on any atom is 0.516 e. The third-order valence-electron chi connectivity index (χ3n) is 3.63. The zero-order valence-corrected chi connectivity index (χ0v) is 15.0. The van der Waals surface area contributed by atoms with Gasteiger partial charge in [-0.3, -0.25) is 14.9 Å². The summed E-state index contributed by atoms with van der Waals surface area (Å²) in [5.41, 5.74) is -0.120. The van der Waals surface area contributed by atoms with Crippen LogP contribution in [0.4, 0.5) is 10.5 Å². The van der Waals surface area contributed by atoms with Crippen molar-refractivity contribution in [1.82, 2.24) is 0 Å². The van der Waals surface area contributed by atoms with E-state index in [4.69, 9.17) is 9.47 Å². The monoisotopic (exact) mass is 367 g/mol. The Labute approximate surface area is 152 Å². The van der Waals surface area contributed by atoms with Crippen LogP contribution in [0.5, 0.6) is 5.75 Å². The van der Waals surface area contributed by atoms with Crippen LogP contribution < -0.4 is 4.74 Å². The Morgan fingerprint density at radius 2 is 1.58 bits per heavy atom. The van der Waals surface area contributed by atoms with Crippen LogP contribution in [0.25, 0.3) is 0 Å². The van der Waals surface area contributed by atoms with Crippen molar-refractivity contribution >= 4 is 17.8 Å². The largest absolute Gasteiger partial charge is 0.516 e. The van der Waals surface area contributed by atoms with Gasteiger partial charge >= 0.3 is 12.1 Å². The van der Waals surface area contributed by atoms with E-state index in [2.05, 4.69) is 11.7 Å². The number of nitro groups is 1. The van der Waals surface area contributed by atoms with Crippen LogP contribution in [-0.2, 0) is 14.3 Å². The number of benzene rings is 1. The number of esters is 1. The molecule has 0 atom stereocenters. The van der Waals surface area contributed by atoms with Gasteiger partial charge in [-0.25, -0.2) is 4.79 Å². The number of carbonyl (C=O) groups excluding carboxylic acids is 2. The van der Waals surface area contributed by atoms with E-state index >= 15 is 0 Å². The zero-order chi connectivity index (χ0) is 19.2. The van der Waals surface area contributed by atoms with E-state index in [1.54, 1.807) is 0 Å². The number of nitrogens with zero attached hydrogens (tertiary/aromatic N) is 1. The lowest BCUT2D eigenvalue weighted by molar-refractivity contribution is -0.384. The molecule has 0 saturated carbocycles. The van der Waals surface area contributed by atoms with Crippen LogP contribution in [0.3, 0.4) is 0 Å². The minimum atomic E-state index is -1.05. The Balaban J connectivity index is 2.09. The van der Waals surface area contributed by atoms with Gasteiger partial charge in [0.05, 0.1) is 4.92 Å². The van der Waals surface area contributed by atoms with Gasteiger partial charge in [0.1, 0.15) is 5.75 Å². The SMILES string of the molecule is CCCCCCCCCC(=O)OCOC(=O)Oc1ccc([N+](=O)[O-])cc1. The van der Waals surface area contributed by atoms with Crippen molar-refractivity contribution in [3.05, 3.63) is 34.4 Å². The fraction of sp³-hybridized carbons (Fsp3) is 0.556. The molecule has 8 nitrogen and oxygen atoms in total. The first-order chi connectivity index (χ1) is 12.5. The molecule has 0 heterocycles. The summed E-state index contributed by atoms with van der Waals surface area (Å²) in [6.45, 7) is 1.64. The fourth-order valence-electron chi connectivity index (χ4n) is 2.20. The average Bonchev–Trinajstić information content (AvgIpc) is 2.61. The quantitative estimate of drug-likeness (QED) is 0.131. The van der Waals surface area contributed by atoms with Crippen molar-refractivity contribution in [2.75, 3.05) is 6.79 Å². The van der Waals surface area contributed by atoms with E-state index < -0.39 is 23.8 Å². The van der Waals surface area contributed by atoms with Gasteiger partial charge in [-0.1, -0.05) is 45.4 Å². The summed E-state index contributed by atoms with van der Waals surface area (Å²) in [6, 6.07) is 4.94. The van der Waals surface area contributed by atoms with E-state index in [9.17, 15) is 19.7 Å². The Bertz CT molecular complexity index is 571. The highest BCUT2D eigenvalue weighted by Gasteiger charge is 2.10. The number of carbonyl (C=O) groups is 2. The second kappa shape index (κ2) is 12.7. The standard InChI is InChI=1S/C18H25NO7/c1-2-3-4-5-6-7-8-9-17(20)24-14-25-18(21)26-16-12-10-15(11-13-16)19(22)23/h10-13H,2-9,14H2,1H3. The summed E-state index contributed by atoms with van der Waals surface area (Å²) >= 11 is 0. The number of hydrogen-bond donors (Lipinski definition) is 0. The van der Waals surface area contributed by atoms with Gasteiger partial charge in [0.15, 0.2) is 0 Å². The van der Waals surface area contributed by atoms with Gasteiger partial charge in [0.25, 0.3) is 5.69 Å². The van der Waals surface area contributed by atoms with Gasteiger partial charge in [-0.15, -0.1) is 0 Å². The summed E-state index contributed by atoms with van der Waals surface area (Å²) in [5, 5.41) is 10.5. The molecular formula is C18H25NO7. The molecule has 26 heavy (non-hydrogen) atoms. The fourth-order valence-corrected chi connectivity index (χ4v) is 2.20. The van der Waals surface area contributed by atoms with Crippen molar-refractivity contribution in [3.63, 3.8) is 0 Å². The molecule has 0 spiro atoms. The molecular weight excluding hydrogens is 342 g/mol. The lowest BCUT2D eigenvalue weighted by Crippen LogP contribution is -2.15. The molecule has 0 bridgehead atoms. The molecule has 0 aliphatic carbocycles. The normalized spacial score (nSPS) is 10.2. The van der Waals surface area contributed by atoms with E-state index in [1.807, 2.05) is 0 Å². The smallest absolute Gasteiger partial charge is 0.428 e. The van der Waals surface area contributed by atoms with Crippen LogP contribution in [0, 0.1) is 10.1 Å². The predicted octanol–water partition coefficient (Wildman–Crippen LogP) is 4.75.